The number of benzene rings is 1. The van der Waals surface area contributed by atoms with E-state index in [0.717, 1.165) is 12.1 Å². The minimum Gasteiger partial charge on any atom is -0.362 e. The molecule has 1 aliphatic rings. The number of nitrogens with one attached hydrogen (secondary N) is 1. The fourth-order valence-corrected chi connectivity index (χ4v) is 2.72. The molecule has 7 nitrogen and oxygen atoms in total. The standard InChI is InChI=1S/C17H23F3N4O3/c1-11(2)12(3)21-16(25)23-8-6-22(7-9-23)14-5-4-13(17(18,19)20)10-15(14)24(26)27/h4-5,10-12H,6-9H2,1-3H3,(H,21,25). The summed E-state index contributed by atoms with van der Waals surface area (Å²) in [5, 5.41) is 14.1. The number of hydrogen-bond donors (Lipinski definition) is 1. The largest absolute Gasteiger partial charge is 0.416 e. The van der Waals surface area contributed by atoms with Crippen molar-refractivity contribution < 1.29 is 22.9 Å². The highest BCUT2D eigenvalue weighted by molar-refractivity contribution is 5.75. The van der Waals surface area contributed by atoms with Gasteiger partial charge in [-0.25, -0.2) is 4.79 Å². The Morgan fingerprint density at radius 2 is 1.78 bits per heavy atom. The average Bonchev–Trinajstić information content (AvgIpc) is 2.60. The number of nitrogens with zero attached hydrogens (tertiary/aromatic N) is 3. The van der Waals surface area contributed by atoms with Gasteiger partial charge in [-0.1, -0.05) is 13.8 Å². The lowest BCUT2D eigenvalue weighted by molar-refractivity contribution is -0.384. The number of anilines is 1. The summed E-state index contributed by atoms with van der Waals surface area (Å²) >= 11 is 0. The molecule has 10 heteroatoms. The van der Waals surface area contributed by atoms with E-state index in [1.807, 2.05) is 20.8 Å². The van der Waals surface area contributed by atoms with Crippen molar-refractivity contribution in [3.05, 3.63) is 33.9 Å². The Labute approximate surface area is 155 Å². The summed E-state index contributed by atoms with van der Waals surface area (Å²) in [5.41, 5.74) is -1.52. The lowest BCUT2D eigenvalue weighted by Crippen LogP contribution is -2.53. The van der Waals surface area contributed by atoms with Crippen LogP contribution >= 0.6 is 0 Å². The maximum Gasteiger partial charge on any atom is 0.416 e. The minimum atomic E-state index is -4.65. The van der Waals surface area contributed by atoms with Crippen molar-refractivity contribution in [1.29, 1.82) is 0 Å². The van der Waals surface area contributed by atoms with E-state index in [-0.39, 0.29) is 23.7 Å². The molecule has 150 valence electrons. The molecule has 0 bridgehead atoms. The molecule has 0 radical (unpaired) electrons. The quantitative estimate of drug-likeness (QED) is 0.633. The maximum absolute atomic E-state index is 12.8. The van der Waals surface area contributed by atoms with E-state index < -0.39 is 22.4 Å². The lowest BCUT2D eigenvalue weighted by atomic mass is 10.1. The molecule has 1 aliphatic heterocycles. The second-order valence-corrected chi connectivity index (χ2v) is 6.91. The van der Waals surface area contributed by atoms with E-state index in [1.54, 1.807) is 9.80 Å². The summed E-state index contributed by atoms with van der Waals surface area (Å²) in [6.45, 7) is 7.15. The Morgan fingerprint density at radius 3 is 2.26 bits per heavy atom. The first-order valence-corrected chi connectivity index (χ1v) is 8.66. The zero-order valence-corrected chi connectivity index (χ0v) is 15.4. The first-order valence-electron chi connectivity index (χ1n) is 8.66. The molecular formula is C17H23F3N4O3. The molecule has 0 spiro atoms. The lowest BCUT2D eigenvalue weighted by Gasteiger charge is -2.36. The van der Waals surface area contributed by atoms with Crippen LogP contribution in [-0.4, -0.2) is 48.1 Å². The average molecular weight is 388 g/mol. The number of carbonyl (C=O) groups excluding carboxylic acids is 1. The molecule has 1 aromatic carbocycles. The van der Waals surface area contributed by atoms with Gasteiger partial charge in [0, 0.05) is 38.3 Å². The third-order valence-electron chi connectivity index (χ3n) is 4.76. The van der Waals surface area contributed by atoms with Gasteiger partial charge < -0.3 is 15.1 Å². The summed E-state index contributed by atoms with van der Waals surface area (Å²) in [4.78, 5) is 25.9. The van der Waals surface area contributed by atoms with Crippen LogP contribution in [0.15, 0.2) is 18.2 Å². The number of nitro groups is 1. The van der Waals surface area contributed by atoms with Crippen LogP contribution in [0.5, 0.6) is 0 Å². The topological polar surface area (TPSA) is 78.7 Å². The first-order chi connectivity index (χ1) is 12.5. The molecule has 1 fully saturated rings. The van der Waals surface area contributed by atoms with Crippen LogP contribution < -0.4 is 10.2 Å². The van der Waals surface area contributed by atoms with E-state index in [4.69, 9.17) is 0 Å². The Morgan fingerprint density at radius 1 is 1.19 bits per heavy atom. The summed E-state index contributed by atoms with van der Waals surface area (Å²) in [6, 6.07) is 2.31. The first kappa shape index (κ1) is 20.8. The molecule has 1 aromatic rings. The van der Waals surface area contributed by atoms with Crippen molar-refractivity contribution in [2.45, 2.75) is 33.0 Å². The molecule has 1 unspecified atom stereocenters. The highest BCUT2D eigenvalue weighted by Crippen LogP contribution is 2.36. The Balaban J connectivity index is 2.09. The van der Waals surface area contributed by atoms with Gasteiger partial charge >= 0.3 is 12.2 Å². The van der Waals surface area contributed by atoms with E-state index in [1.165, 1.54) is 0 Å². The number of amides is 2. The molecule has 0 saturated carbocycles. The molecule has 2 amide bonds. The van der Waals surface area contributed by atoms with Gasteiger partial charge in [-0.2, -0.15) is 13.2 Å². The number of hydrogen-bond acceptors (Lipinski definition) is 4. The molecule has 1 heterocycles. The van der Waals surface area contributed by atoms with Crippen LogP contribution in [0.4, 0.5) is 29.3 Å². The van der Waals surface area contributed by atoms with Crippen LogP contribution in [0.2, 0.25) is 0 Å². The van der Waals surface area contributed by atoms with Crippen LogP contribution in [0.1, 0.15) is 26.3 Å². The smallest absolute Gasteiger partial charge is 0.362 e. The number of carbonyl (C=O) groups is 1. The van der Waals surface area contributed by atoms with Crippen molar-refractivity contribution >= 4 is 17.4 Å². The van der Waals surface area contributed by atoms with Gasteiger partial charge in [0.1, 0.15) is 5.69 Å². The van der Waals surface area contributed by atoms with Crippen LogP contribution in [0, 0.1) is 16.0 Å². The summed E-state index contributed by atoms with van der Waals surface area (Å²) in [5.74, 6) is 0.282. The van der Waals surface area contributed by atoms with E-state index in [9.17, 15) is 28.1 Å². The van der Waals surface area contributed by atoms with Gasteiger partial charge in [-0.3, -0.25) is 10.1 Å². The van der Waals surface area contributed by atoms with E-state index in [0.29, 0.717) is 32.2 Å². The molecule has 0 aromatic heterocycles. The van der Waals surface area contributed by atoms with Gasteiger partial charge in [-0.05, 0) is 25.0 Å². The molecule has 0 aliphatic carbocycles. The van der Waals surface area contributed by atoms with Crippen molar-refractivity contribution in [3.8, 4) is 0 Å². The van der Waals surface area contributed by atoms with Crippen molar-refractivity contribution in [1.82, 2.24) is 10.2 Å². The Hall–Kier alpha value is -2.52. The molecule has 1 atom stereocenters. The minimum absolute atomic E-state index is 0.00605. The van der Waals surface area contributed by atoms with Crippen LogP contribution in [0.3, 0.4) is 0 Å². The molecule has 2 rings (SSSR count). The van der Waals surface area contributed by atoms with Gasteiger partial charge in [0.2, 0.25) is 0 Å². The second kappa shape index (κ2) is 8.01. The number of piperazine rings is 1. The molecule has 1 N–H and O–H groups in total. The number of urea groups is 1. The van der Waals surface area contributed by atoms with Crippen molar-refractivity contribution in [2.24, 2.45) is 5.92 Å². The van der Waals surface area contributed by atoms with Crippen LogP contribution in [0.25, 0.3) is 0 Å². The zero-order valence-electron chi connectivity index (χ0n) is 15.4. The molecule has 1 saturated heterocycles. The third-order valence-corrected chi connectivity index (χ3v) is 4.76. The predicted octanol–water partition coefficient (Wildman–Crippen LogP) is 3.49. The number of halogens is 3. The Kier molecular flexibility index (Phi) is 6.17. The SMILES string of the molecule is CC(C)C(C)NC(=O)N1CCN(c2ccc(C(F)(F)F)cc2[N+](=O)[O-])CC1. The van der Waals surface area contributed by atoms with Crippen molar-refractivity contribution in [2.75, 3.05) is 31.1 Å². The highest BCUT2D eigenvalue weighted by atomic mass is 19.4. The molecular weight excluding hydrogens is 365 g/mol. The van der Waals surface area contributed by atoms with Gasteiger partial charge in [0.15, 0.2) is 0 Å². The fourth-order valence-electron chi connectivity index (χ4n) is 2.72. The van der Waals surface area contributed by atoms with E-state index in [2.05, 4.69) is 5.32 Å². The van der Waals surface area contributed by atoms with Gasteiger partial charge in [0.25, 0.3) is 5.69 Å². The summed E-state index contributed by atoms with van der Waals surface area (Å²) in [7, 11) is 0. The number of nitro benzene ring substituents is 1. The summed E-state index contributed by atoms with van der Waals surface area (Å²) < 4.78 is 38.5. The monoisotopic (exact) mass is 388 g/mol. The highest BCUT2D eigenvalue weighted by Gasteiger charge is 2.34. The maximum atomic E-state index is 12.8. The van der Waals surface area contributed by atoms with Gasteiger partial charge in [-0.15, -0.1) is 0 Å². The van der Waals surface area contributed by atoms with Crippen molar-refractivity contribution in [3.63, 3.8) is 0 Å². The van der Waals surface area contributed by atoms with Crippen LogP contribution in [-0.2, 0) is 6.18 Å². The zero-order chi connectivity index (χ0) is 20.4. The molecule has 27 heavy (non-hydrogen) atoms. The third kappa shape index (κ3) is 5.01. The summed E-state index contributed by atoms with van der Waals surface area (Å²) in [6.07, 6.45) is -4.65. The normalized spacial score (nSPS) is 16.4. The van der Waals surface area contributed by atoms with Gasteiger partial charge in [0.05, 0.1) is 10.5 Å². The fraction of sp³-hybridized carbons (Fsp3) is 0.588. The second-order valence-electron chi connectivity index (χ2n) is 6.91. The predicted molar refractivity (Wildman–Crippen MR) is 94.7 cm³/mol. The number of rotatable bonds is 4. The Bertz CT molecular complexity index is 701. The van der Waals surface area contributed by atoms with E-state index >= 15 is 0 Å². The number of alkyl halides is 3.